The summed E-state index contributed by atoms with van der Waals surface area (Å²) in [4.78, 5) is 180. The Morgan fingerprint density at radius 2 is 0.573 bits per heavy atom. The van der Waals surface area contributed by atoms with E-state index in [0.717, 1.165) is 85.8 Å². The second-order valence-corrected chi connectivity index (χ2v) is 30.0. The lowest BCUT2D eigenvalue weighted by Crippen LogP contribution is -2.60. The van der Waals surface area contributed by atoms with Crippen LogP contribution >= 0.6 is 0 Å². The monoisotopic (exact) mass is 1640 g/mol. The zero-order chi connectivity index (χ0) is 86.0. The van der Waals surface area contributed by atoms with Crippen LogP contribution in [0.25, 0.3) is 21.7 Å². The van der Waals surface area contributed by atoms with Crippen molar-refractivity contribution in [1.29, 1.82) is 0 Å². The van der Waals surface area contributed by atoms with Crippen molar-refractivity contribution in [2.75, 3.05) is 14.7 Å². The molecular formula is C101H83N11O12. The fourth-order valence-electron chi connectivity index (χ4n) is 15.4. The lowest BCUT2D eigenvalue weighted by atomic mass is 9.93. The highest BCUT2D eigenvalue weighted by molar-refractivity contribution is 6.30. The van der Waals surface area contributed by atoms with Crippen molar-refractivity contribution in [3.63, 3.8) is 0 Å². The third-order valence-electron chi connectivity index (χ3n) is 21.7. The van der Waals surface area contributed by atoms with Crippen LogP contribution in [0, 0.1) is 23.7 Å². The van der Waals surface area contributed by atoms with Crippen molar-refractivity contribution >= 4 is 110 Å². The second kappa shape index (κ2) is 38.8. The number of rotatable bonds is 21. The van der Waals surface area contributed by atoms with Crippen LogP contribution in [0.3, 0.4) is 0 Å². The number of nitrogens with zero attached hydrogens (tertiary/aromatic N) is 10. The fourth-order valence-corrected chi connectivity index (χ4v) is 15.4. The van der Waals surface area contributed by atoms with Gasteiger partial charge in [0.15, 0.2) is 0 Å². The van der Waals surface area contributed by atoms with Gasteiger partial charge < -0.3 is 4.98 Å². The van der Waals surface area contributed by atoms with E-state index < -0.39 is 95.1 Å². The predicted octanol–water partition coefficient (Wildman–Crippen LogP) is 16.6. The number of amides is 16. The van der Waals surface area contributed by atoms with Gasteiger partial charge in [-0.2, -0.15) is 0 Å². The van der Waals surface area contributed by atoms with E-state index in [9.17, 15) is 57.5 Å². The van der Waals surface area contributed by atoms with E-state index in [1.165, 1.54) is 19.6 Å². The number of anilines is 3. The van der Waals surface area contributed by atoms with E-state index in [1.807, 2.05) is 243 Å². The maximum absolute atomic E-state index is 13.5. The molecule has 14 aromatic rings. The van der Waals surface area contributed by atoms with Crippen molar-refractivity contribution in [1.82, 2.24) is 39.5 Å². The molecule has 0 bridgehead atoms. The third kappa shape index (κ3) is 19.0. The fraction of sp³-hybridized carbons (Fsp3) is 0.129. The Morgan fingerprint density at radius 1 is 0.250 bits per heavy atom. The van der Waals surface area contributed by atoms with Gasteiger partial charge in [-0.15, -0.1) is 0 Å². The molecule has 4 aliphatic heterocycles. The van der Waals surface area contributed by atoms with Crippen LogP contribution in [0.4, 0.5) is 36.2 Å². The molecule has 4 aliphatic rings. The number of nitrogens with one attached hydrogen (secondary N) is 1. The van der Waals surface area contributed by atoms with Crippen LogP contribution < -0.4 is 14.7 Å². The highest BCUT2D eigenvalue weighted by Gasteiger charge is 2.51. The largest absolute Gasteiger partial charge is 0.361 e. The topological polar surface area (TPSA) is 272 Å². The number of carbonyl (C=O) groups excluding carboxylic acids is 12. The zero-order valence-corrected chi connectivity index (χ0v) is 67.2. The molecule has 7 heterocycles. The smallest absolute Gasteiger partial charge is 0.338 e. The number of urea groups is 4. The van der Waals surface area contributed by atoms with Crippen LogP contribution in [0.2, 0.25) is 0 Å². The van der Waals surface area contributed by atoms with Gasteiger partial charge >= 0.3 is 24.1 Å². The third-order valence-corrected chi connectivity index (χ3v) is 21.7. The maximum Gasteiger partial charge on any atom is 0.338 e. The Bertz CT molecular complexity index is 5990. The molecule has 614 valence electrons. The highest BCUT2D eigenvalue weighted by atomic mass is 16.2. The Hall–Kier alpha value is -16.0. The minimum Gasteiger partial charge on any atom is -0.361 e. The number of para-hydroxylation sites is 4. The van der Waals surface area contributed by atoms with E-state index in [4.69, 9.17) is 0 Å². The Kier molecular flexibility index (Phi) is 26.0. The summed E-state index contributed by atoms with van der Waals surface area (Å²) < 4.78 is 0. The summed E-state index contributed by atoms with van der Waals surface area (Å²) in [5.41, 5.74) is 9.62. The molecule has 11 aromatic carbocycles. The molecule has 23 nitrogen and oxygen atoms in total. The van der Waals surface area contributed by atoms with Crippen molar-refractivity contribution in [2.24, 2.45) is 23.7 Å². The number of H-pyrrole nitrogens is 1. The zero-order valence-electron chi connectivity index (χ0n) is 67.2. The highest BCUT2D eigenvalue weighted by Crippen LogP contribution is 2.35. The number of hydrogen-bond acceptors (Lipinski definition) is 14. The van der Waals surface area contributed by atoms with Gasteiger partial charge in [0.1, 0.15) is 23.7 Å². The number of carbonyl (C=O) groups is 12. The first-order valence-corrected chi connectivity index (χ1v) is 40.4. The van der Waals surface area contributed by atoms with Crippen LogP contribution in [0.5, 0.6) is 0 Å². The lowest BCUT2D eigenvalue weighted by molar-refractivity contribution is -0.150. The number of barbiturate groups is 4. The average molecular weight is 1640 g/mol. The van der Waals surface area contributed by atoms with Gasteiger partial charge in [0, 0.05) is 47.8 Å². The van der Waals surface area contributed by atoms with Crippen LogP contribution in [-0.2, 0) is 96.8 Å². The Labute approximate surface area is 714 Å². The summed E-state index contributed by atoms with van der Waals surface area (Å²) in [7, 11) is 0. The average Bonchev–Trinajstić information content (AvgIpc) is 0.956. The van der Waals surface area contributed by atoms with Crippen LogP contribution in [-0.4, -0.2) is 111 Å². The summed E-state index contributed by atoms with van der Waals surface area (Å²) >= 11 is 0. The van der Waals surface area contributed by atoms with Crippen molar-refractivity contribution in [3.05, 3.63) is 415 Å². The summed E-state index contributed by atoms with van der Waals surface area (Å²) in [5, 5.41) is 3.10. The quantitative estimate of drug-likeness (QED) is 0.0655. The molecule has 3 atom stereocenters. The van der Waals surface area contributed by atoms with Gasteiger partial charge in [0.05, 0.1) is 49.8 Å². The number of aromatic amines is 1. The minimum atomic E-state index is -1.01. The summed E-state index contributed by atoms with van der Waals surface area (Å²) in [6, 6.07) is 101. The van der Waals surface area contributed by atoms with Gasteiger partial charge in [-0.25, -0.2) is 33.9 Å². The summed E-state index contributed by atoms with van der Waals surface area (Å²) in [5.74, 6) is -7.80. The summed E-state index contributed by atoms with van der Waals surface area (Å²) in [6.45, 7) is 0.588. The molecule has 23 heteroatoms. The SMILES string of the molecule is O=C1C(Cc2c[nH]c3ccccc23)C(=O)N(c2ccccc2)C(=O)N1Cc1ccccc1.O=C1C(Cc2ccc3ccccc3c2)C(=O)N(c2ccccc2)C(=O)N1Cc1ccccc1.O=C1C(Cc2ccccn2)C(=O)N(c2ccccc2)C(=O)N1Cc1ccccc1.O=C1C(Cc2ccncc2)C(=O)N(Cc2ccccc2)C(=O)N1Cc1ccccc1. The molecule has 0 aliphatic carbocycles. The molecule has 0 radical (unpaired) electrons. The van der Waals surface area contributed by atoms with Gasteiger partial charge in [0.2, 0.25) is 47.3 Å². The van der Waals surface area contributed by atoms with E-state index in [1.54, 1.807) is 122 Å². The molecule has 18 rings (SSSR count). The van der Waals surface area contributed by atoms with Crippen molar-refractivity contribution in [2.45, 2.75) is 58.4 Å². The first-order chi connectivity index (χ1) is 60.5. The van der Waals surface area contributed by atoms with E-state index >= 15 is 0 Å². The van der Waals surface area contributed by atoms with E-state index in [2.05, 4.69) is 15.0 Å². The van der Waals surface area contributed by atoms with Gasteiger partial charge in [-0.1, -0.05) is 273 Å². The van der Waals surface area contributed by atoms with Crippen LogP contribution in [0.1, 0.15) is 50.2 Å². The van der Waals surface area contributed by atoms with Gasteiger partial charge in [0.25, 0.3) is 0 Å². The van der Waals surface area contributed by atoms with Crippen molar-refractivity contribution < 1.29 is 57.5 Å². The Morgan fingerprint density at radius 3 is 0.968 bits per heavy atom. The number of pyridine rings is 2. The molecule has 1 N–H and O–H groups in total. The molecule has 0 spiro atoms. The van der Waals surface area contributed by atoms with E-state index in [0.29, 0.717) is 22.8 Å². The molecule has 16 amide bonds. The maximum atomic E-state index is 13.5. The molecule has 3 aromatic heterocycles. The molecular weight excluding hydrogens is 1560 g/mol. The van der Waals surface area contributed by atoms with Crippen molar-refractivity contribution in [3.8, 4) is 0 Å². The van der Waals surface area contributed by atoms with Gasteiger partial charge in [-0.05, 0) is 141 Å². The number of benzene rings is 11. The number of aromatic nitrogens is 3. The molecule has 4 fully saturated rings. The number of imide groups is 8. The van der Waals surface area contributed by atoms with Crippen LogP contribution in [0.15, 0.2) is 365 Å². The second-order valence-electron chi connectivity index (χ2n) is 30.0. The standard InChI is InChI=1S/C28H22N2O3.C26H21N3O3.C24H21N3O3.C23H19N3O3/c31-26-25(18-21-15-16-22-11-7-8-12-23(22)17-21)27(32)30(24-13-5-2-6-14-24)28(33)29(26)19-20-9-3-1-4-10-20;30-24-22(15-19-16-27-23-14-8-7-13-21(19)23)25(31)29(20-11-5-2-6-12-20)26(32)28(24)17-18-9-3-1-4-10-18;28-22-21(15-18-11-13-25-14-12-18)23(29)27(17-20-9-5-2-6-10-20)24(30)26(22)16-19-7-3-1-4-8-19;27-21-20(15-18-11-7-8-14-24-18)22(28)26(19-12-5-2-6-13-19)23(29)25(21)16-17-9-3-1-4-10-17/h1-17,25H,18-19H2;1-14,16,22,27H,15,17H2;1-14,21H,15-17H2;1-14,20H,15-16H2. The molecule has 4 saturated heterocycles. The van der Waals surface area contributed by atoms with Gasteiger partial charge in [-0.3, -0.25) is 72.8 Å². The minimum absolute atomic E-state index is 0.105. The lowest BCUT2D eigenvalue weighted by Gasteiger charge is -2.37. The Balaban J connectivity index is 0.000000128. The molecule has 3 unspecified atom stereocenters. The van der Waals surface area contributed by atoms with E-state index in [-0.39, 0.29) is 58.4 Å². The first kappa shape index (κ1) is 83.0. The predicted molar refractivity (Wildman–Crippen MR) is 468 cm³/mol. The number of hydrogen-bond donors (Lipinski definition) is 1. The normalized spacial score (nSPS) is 16.3. The molecule has 0 saturated carbocycles. The number of fused-ring (bicyclic) bond motifs is 2. The summed E-state index contributed by atoms with van der Waals surface area (Å²) in [6.07, 6.45) is 7.51. The molecule has 124 heavy (non-hydrogen) atoms. The first-order valence-electron chi connectivity index (χ1n) is 40.4.